The van der Waals surface area contributed by atoms with Gasteiger partial charge < -0.3 is 0 Å². The van der Waals surface area contributed by atoms with Crippen LogP contribution in [0, 0.1) is 5.92 Å². The van der Waals surface area contributed by atoms with Crippen molar-refractivity contribution >= 4 is 11.8 Å². The number of aromatic nitrogens is 4. The van der Waals surface area contributed by atoms with Crippen LogP contribution in [0.1, 0.15) is 6.92 Å². The van der Waals surface area contributed by atoms with Crippen LogP contribution < -0.4 is 0 Å². The standard InChI is InChI=1S/C12H14N4S/c1-3-10(2)9-17-12-13-14-15-16(12)11-7-5-4-6-8-11/h3-8,10H,1,9H2,2H3. The molecule has 0 radical (unpaired) electrons. The molecule has 0 fully saturated rings. The maximum Gasteiger partial charge on any atom is 0.214 e. The number of nitrogens with zero attached hydrogens (tertiary/aromatic N) is 4. The van der Waals surface area contributed by atoms with Gasteiger partial charge in [0, 0.05) is 5.75 Å². The number of benzene rings is 1. The lowest BCUT2D eigenvalue weighted by molar-refractivity contribution is 0.754. The number of allylic oxidation sites excluding steroid dienone is 1. The zero-order valence-corrected chi connectivity index (χ0v) is 10.5. The first-order valence-electron chi connectivity index (χ1n) is 5.40. The molecule has 0 aliphatic carbocycles. The number of hydrogen-bond donors (Lipinski definition) is 0. The van der Waals surface area contributed by atoms with Gasteiger partial charge in [-0.15, -0.1) is 11.7 Å². The summed E-state index contributed by atoms with van der Waals surface area (Å²) >= 11 is 1.64. The molecular formula is C12H14N4S. The predicted molar refractivity (Wildman–Crippen MR) is 69.2 cm³/mol. The zero-order valence-electron chi connectivity index (χ0n) is 9.65. The van der Waals surface area contributed by atoms with Crippen LogP contribution in [0.2, 0.25) is 0 Å². The molecule has 1 heterocycles. The SMILES string of the molecule is C=CC(C)CSc1nnnn1-c1ccccc1. The molecule has 4 nitrogen and oxygen atoms in total. The maximum absolute atomic E-state index is 4.03. The molecule has 1 aromatic heterocycles. The Labute approximate surface area is 105 Å². The van der Waals surface area contributed by atoms with Crippen molar-refractivity contribution in [1.82, 2.24) is 20.2 Å². The Morgan fingerprint density at radius 3 is 2.88 bits per heavy atom. The first-order chi connectivity index (χ1) is 8.31. The average molecular weight is 246 g/mol. The van der Waals surface area contributed by atoms with E-state index in [-0.39, 0.29) is 0 Å². The van der Waals surface area contributed by atoms with Gasteiger partial charge in [0.15, 0.2) is 0 Å². The largest absolute Gasteiger partial charge is 0.214 e. The number of thioether (sulfide) groups is 1. The van der Waals surface area contributed by atoms with E-state index in [4.69, 9.17) is 0 Å². The van der Waals surface area contributed by atoms with Crippen LogP contribution in [0.3, 0.4) is 0 Å². The van der Waals surface area contributed by atoms with Crippen LogP contribution >= 0.6 is 11.8 Å². The summed E-state index contributed by atoms with van der Waals surface area (Å²) in [5.74, 6) is 1.37. The maximum atomic E-state index is 4.03. The number of para-hydroxylation sites is 1. The smallest absolute Gasteiger partial charge is 0.188 e. The van der Waals surface area contributed by atoms with E-state index in [0.29, 0.717) is 5.92 Å². The van der Waals surface area contributed by atoms with Crippen LogP contribution in [0.5, 0.6) is 0 Å². The Bertz CT molecular complexity index is 480. The second-order valence-electron chi connectivity index (χ2n) is 3.73. The number of rotatable bonds is 5. The minimum absolute atomic E-state index is 0.445. The summed E-state index contributed by atoms with van der Waals surface area (Å²) in [5.41, 5.74) is 0.978. The van der Waals surface area contributed by atoms with E-state index in [1.54, 1.807) is 16.4 Å². The third-order valence-electron chi connectivity index (χ3n) is 2.32. The third kappa shape index (κ3) is 2.94. The molecule has 1 aromatic carbocycles. The van der Waals surface area contributed by atoms with Gasteiger partial charge in [-0.25, -0.2) is 0 Å². The minimum atomic E-state index is 0.445. The van der Waals surface area contributed by atoms with Crippen molar-refractivity contribution in [3.8, 4) is 5.69 Å². The van der Waals surface area contributed by atoms with E-state index in [1.165, 1.54) is 0 Å². The average Bonchev–Trinajstić information content (AvgIpc) is 2.85. The quantitative estimate of drug-likeness (QED) is 0.601. The van der Waals surface area contributed by atoms with Crippen molar-refractivity contribution < 1.29 is 0 Å². The number of hydrogen-bond acceptors (Lipinski definition) is 4. The molecule has 0 aliphatic heterocycles. The van der Waals surface area contributed by atoms with Gasteiger partial charge in [0.05, 0.1) is 5.69 Å². The molecule has 17 heavy (non-hydrogen) atoms. The van der Waals surface area contributed by atoms with Crippen molar-refractivity contribution in [2.24, 2.45) is 5.92 Å². The summed E-state index contributed by atoms with van der Waals surface area (Å²) in [5, 5.41) is 12.6. The Morgan fingerprint density at radius 1 is 1.41 bits per heavy atom. The fourth-order valence-corrected chi connectivity index (χ4v) is 2.18. The van der Waals surface area contributed by atoms with Gasteiger partial charge in [-0.1, -0.05) is 43.0 Å². The third-order valence-corrected chi connectivity index (χ3v) is 3.52. The lowest BCUT2D eigenvalue weighted by atomic mass is 10.2. The van der Waals surface area contributed by atoms with Gasteiger partial charge in [-0.3, -0.25) is 0 Å². The molecule has 1 unspecified atom stereocenters. The highest BCUT2D eigenvalue weighted by Gasteiger charge is 2.09. The second kappa shape index (κ2) is 5.63. The van der Waals surface area contributed by atoms with Crippen LogP contribution in [0.15, 0.2) is 48.1 Å². The van der Waals surface area contributed by atoms with E-state index in [1.807, 2.05) is 36.4 Å². The van der Waals surface area contributed by atoms with E-state index in [2.05, 4.69) is 29.0 Å². The number of tetrazole rings is 1. The van der Waals surface area contributed by atoms with E-state index >= 15 is 0 Å². The van der Waals surface area contributed by atoms with Crippen molar-refractivity contribution in [2.75, 3.05) is 5.75 Å². The monoisotopic (exact) mass is 246 g/mol. The van der Waals surface area contributed by atoms with Gasteiger partial charge >= 0.3 is 0 Å². The molecule has 0 bridgehead atoms. The minimum Gasteiger partial charge on any atom is -0.188 e. The van der Waals surface area contributed by atoms with Crippen LogP contribution in [-0.2, 0) is 0 Å². The van der Waals surface area contributed by atoms with Gasteiger partial charge in [-0.2, -0.15) is 4.68 Å². The normalized spacial score (nSPS) is 12.3. The Morgan fingerprint density at radius 2 is 2.18 bits per heavy atom. The van der Waals surface area contributed by atoms with E-state index in [0.717, 1.165) is 16.6 Å². The Kier molecular flexibility index (Phi) is 3.93. The predicted octanol–water partition coefficient (Wildman–Crippen LogP) is 2.58. The molecule has 0 spiro atoms. The fraction of sp³-hybridized carbons (Fsp3) is 0.250. The molecule has 2 aromatic rings. The van der Waals surface area contributed by atoms with Crippen molar-refractivity contribution in [3.05, 3.63) is 43.0 Å². The molecule has 88 valence electrons. The first kappa shape index (κ1) is 11.9. The lowest BCUT2D eigenvalue weighted by Gasteiger charge is -2.05. The molecule has 0 amide bonds. The molecule has 0 aliphatic rings. The van der Waals surface area contributed by atoms with Crippen molar-refractivity contribution in [1.29, 1.82) is 0 Å². The molecule has 0 saturated heterocycles. The summed E-state index contributed by atoms with van der Waals surface area (Å²) in [7, 11) is 0. The molecule has 0 N–H and O–H groups in total. The van der Waals surface area contributed by atoms with Gasteiger partial charge in [0.1, 0.15) is 0 Å². The highest BCUT2D eigenvalue weighted by atomic mass is 32.2. The van der Waals surface area contributed by atoms with E-state index < -0.39 is 0 Å². The first-order valence-corrected chi connectivity index (χ1v) is 6.39. The topological polar surface area (TPSA) is 43.6 Å². The van der Waals surface area contributed by atoms with Crippen molar-refractivity contribution in [3.63, 3.8) is 0 Å². The lowest BCUT2D eigenvalue weighted by Crippen LogP contribution is -2.00. The Hall–Kier alpha value is -1.62. The highest BCUT2D eigenvalue weighted by Crippen LogP contribution is 2.20. The second-order valence-corrected chi connectivity index (χ2v) is 4.72. The van der Waals surface area contributed by atoms with Crippen LogP contribution in [0.4, 0.5) is 0 Å². The highest BCUT2D eigenvalue weighted by molar-refractivity contribution is 7.99. The van der Waals surface area contributed by atoms with Crippen LogP contribution in [-0.4, -0.2) is 26.0 Å². The molecule has 0 saturated carbocycles. The summed E-state index contributed by atoms with van der Waals surface area (Å²) < 4.78 is 1.75. The summed E-state index contributed by atoms with van der Waals surface area (Å²) in [4.78, 5) is 0. The molecule has 2 rings (SSSR count). The van der Waals surface area contributed by atoms with Crippen LogP contribution in [0.25, 0.3) is 5.69 Å². The fourth-order valence-electron chi connectivity index (χ4n) is 1.27. The molecular weight excluding hydrogens is 232 g/mol. The summed E-state index contributed by atoms with van der Waals surface area (Å²) in [6.45, 7) is 5.89. The Balaban J connectivity index is 2.15. The van der Waals surface area contributed by atoms with Gasteiger partial charge in [0.2, 0.25) is 5.16 Å². The zero-order chi connectivity index (χ0) is 12.1. The molecule has 1 atom stereocenters. The summed E-state index contributed by atoms with van der Waals surface area (Å²) in [6, 6.07) is 9.88. The van der Waals surface area contributed by atoms with Gasteiger partial charge in [0.25, 0.3) is 0 Å². The van der Waals surface area contributed by atoms with Gasteiger partial charge in [-0.05, 0) is 28.5 Å². The van der Waals surface area contributed by atoms with E-state index in [9.17, 15) is 0 Å². The van der Waals surface area contributed by atoms with Crippen molar-refractivity contribution in [2.45, 2.75) is 12.1 Å². The summed E-state index contributed by atoms with van der Waals surface area (Å²) in [6.07, 6.45) is 1.93. The molecule has 5 heteroatoms.